The molecular weight excluding hydrogens is 372 g/mol. The number of carbonyl (C=O) groups excluding carboxylic acids is 1. The van der Waals surface area contributed by atoms with E-state index in [1.165, 1.54) is 18.2 Å². The van der Waals surface area contributed by atoms with E-state index in [-0.39, 0.29) is 29.8 Å². The second-order valence-corrected chi connectivity index (χ2v) is 6.84. The third kappa shape index (κ3) is 6.75. The molecule has 2 rings (SSSR count). The molecule has 0 bridgehead atoms. The Labute approximate surface area is 170 Å². The number of rotatable bonds is 12. The van der Waals surface area contributed by atoms with Gasteiger partial charge in [0.2, 0.25) is 0 Å². The van der Waals surface area contributed by atoms with Crippen molar-refractivity contribution in [2.24, 2.45) is 0 Å². The third-order valence-corrected chi connectivity index (χ3v) is 4.56. The molecule has 2 aromatic rings. The molecule has 0 atom stereocenters. The maximum atomic E-state index is 12.8. The van der Waals surface area contributed by atoms with Gasteiger partial charge in [-0.15, -0.1) is 0 Å². The Morgan fingerprint density at radius 3 is 2.31 bits per heavy atom. The predicted molar refractivity (Wildman–Crippen MR) is 109 cm³/mol. The first kappa shape index (κ1) is 22.1. The lowest BCUT2D eigenvalue weighted by Gasteiger charge is -2.13. The Morgan fingerprint density at radius 2 is 1.62 bits per heavy atom. The zero-order valence-electron chi connectivity index (χ0n) is 16.5. The van der Waals surface area contributed by atoms with Crippen molar-refractivity contribution in [1.82, 2.24) is 0 Å². The summed E-state index contributed by atoms with van der Waals surface area (Å²) >= 11 is 0. The standard InChI is InChI=1S/C23H26O6/c1-2-3-4-5-13-29-20-11-9-18(14-16(20)10-12-21(24)25)22(26)17-7-6-8-19(15-17)23(27)28/h6-9,11,14-15H,2-5,10,12-13H2,1H3,(H,24,25)(H,27,28). The van der Waals surface area contributed by atoms with Gasteiger partial charge in [0.15, 0.2) is 5.78 Å². The maximum Gasteiger partial charge on any atom is 0.335 e. The number of carboxylic acid groups (broad SMARTS) is 2. The lowest BCUT2D eigenvalue weighted by molar-refractivity contribution is -0.136. The minimum absolute atomic E-state index is 0.0361. The minimum atomic E-state index is -1.10. The number of aromatic carboxylic acids is 1. The molecule has 0 aliphatic carbocycles. The molecule has 0 aliphatic rings. The van der Waals surface area contributed by atoms with Crippen molar-refractivity contribution < 1.29 is 29.3 Å². The van der Waals surface area contributed by atoms with Gasteiger partial charge < -0.3 is 14.9 Å². The number of hydrogen-bond acceptors (Lipinski definition) is 4. The van der Waals surface area contributed by atoms with Gasteiger partial charge in [0.1, 0.15) is 5.75 Å². The van der Waals surface area contributed by atoms with Crippen LogP contribution in [0.15, 0.2) is 42.5 Å². The van der Waals surface area contributed by atoms with Crippen molar-refractivity contribution in [3.05, 3.63) is 64.7 Å². The Morgan fingerprint density at radius 1 is 0.897 bits per heavy atom. The molecule has 0 fully saturated rings. The van der Waals surface area contributed by atoms with Crippen LogP contribution in [0, 0.1) is 0 Å². The van der Waals surface area contributed by atoms with E-state index in [1.807, 2.05) is 0 Å². The normalized spacial score (nSPS) is 10.5. The van der Waals surface area contributed by atoms with Gasteiger partial charge >= 0.3 is 11.9 Å². The van der Waals surface area contributed by atoms with Gasteiger partial charge in [-0.3, -0.25) is 9.59 Å². The molecule has 6 heteroatoms. The monoisotopic (exact) mass is 398 g/mol. The van der Waals surface area contributed by atoms with Crippen LogP contribution in [0.4, 0.5) is 0 Å². The highest BCUT2D eigenvalue weighted by atomic mass is 16.5. The summed E-state index contributed by atoms with van der Waals surface area (Å²) in [5, 5.41) is 18.1. The highest BCUT2D eigenvalue weighted by Gasteiger charge is 2.15. The number of carbonyl (C=O) groups is 3. The molecule has 2 N–H and O–H groups in total. The summed E-state index contributed by atoms with van der Waals surface area (Å²) in [5.74, 6) is -1.77. The summed E-state index contributed by atoms with van der Waals surface area (Å²) in [6.45, 7) is 2.67. The fraction of sp³-hybridized carbons (Fsp3) is 0.348. The molecule has 0 saturated carbocycles. The summed E-state index contributed by atoms with van der Waals surface area (Å²) in [5.41, 5.74) is 1.32. The van der Waals surface area contributed by atoms with Crippen LogP contribution in [-0.2, 0) is 11.2 Å². The zero-order valence-corrected chi connectivity index (χ0v) is 16.5. The lowest BCUT2D eigenvalue weighted by atomic mass is 9.98. The molecule has 154 valence electrons. The van der Waals surface area contributed by atoms with Crippen molar-refractivity contribution in [3.8, 4) is 5.75 Å². The third-order valence-electron chi connectivity index (χ3n) is 4.56. The number of aryl methyl sites for hydroxylation is 1. The van der Waals surface area contributed by atoms with Crippen LogP contribution in [0.2, 0.25) is 0 Å². The Balaban J connectivity index is 2.22. The second-order valence-electron chi connectivity index (χ2n) is 6.84. The quantitative estimate of drug-likeness (QED) is 0.400. The number of ketones is 1. The zero-order chi connectivity index (χ0) is 21.2. The van der Waals surface area contributed by atoms with E-state index in [4.69, 9.17) is 14.9 Å². The van der Waals surface area contributed by atoms with Crippen LogP contribution < -0.4 is 4.74 Å². The van der Waals surface area contributed by atoms with E-state index in [2.05, 4.69) is 6.92 Å². The fourth-order valence-electron chi connectivity index (χ4n) is 2.97. The van der Waals surface area contributed by atoms with Gasteiger partial charge in [0.05, 0.1) is 12.2 Å². The first-order valence-corrected chi connectivity index (χ1v) is 9.78. The Kier molecular flexibility index (Phi) is 8.40. The number of benzene rings is 2. The minimum Gasteiger partial charge on any atom is -0.493 e. The average Bonchev–Trinajstić information content (AvgIpc) is 2.72. The Hall–Kier alpha value is -3.15. The fourth-order valence-corrected chi connectivity index (χ4v) is 2.97. The van der Waals surface area contributed by atoms with E-state index in [0.717, 1.165) is 25.7 Å². The predicted octanol–water partition coefficient (Wildman–Crippen LogP) is 4.59. The summed E-state index contributed by atoms with van der Waals surface area (Å²) in [4.78, 5) is 34.9. The maximum absolute atomic E-state index is 12.8. The van der Waals surface area contributed by atoms with Gasteiger partial charge in [-0.25, -0.2) is 4.79 Å². The number of ether oxygens (including phenoxy) is 1. The van der Waals surface area contributed by atoms with Crippen molar-refractivity contribution >= 4 is 17.7 Å². The molecule has 0 spiro atoms. The van der Waals surface area contributed by atoms with Gasteiger partial charge in [0.25, 0.3) is 0 Å². The number of carboxylic acids is 2. The number of unbranched alkanes of at least 4 members (excludes halogenated alkanes) is 3. The first-order valence-electron chi connectivity index (χ1n) is 9.78. The van der Waals surface area contributed by atoms with Crippen LogP contribution >= 0.6 is 0 Å². The Bertz CT molecular complexity index is 871. The SMILES string of the molecule is CCCCCCOc1ccc(C(=O)c2cccc(C(=O)O)c2)cc1CCC(=O)O. The van der Waals surface area contributed by atoms with Crippen LogP contribution in [0.1, 0.15) is 70.9 Å². The van der Waals surface area contributed by atoms with E-state index < -0.39 is 11.9 Å². The topological polar surface area (TPSA) is 101 Å². The van der Waals surface area contributed by atoms with Gasteiger partial charge in [-0.05, 0) is 48.7 Å². The van der Waals surface area contributed by atoms with Gasteiger partial charge in [-0.2, -0.15) is 0 Å². The van der Waals surface area contributed by atoms with E-state index in [9.17, 15) is 14.4 Å². The van der Waals surface area contributed by atoms with Gasteiger partial charge in [-0.1, -0.05) is 38.3 Å². The average molecular weight is 398 g/mol. The largest absolute Gasteiger partial charge is 0.493 e. The molecule has 0 radical (unpaired) electrons. The molecule has 2 aromatic carbocycles. The molecule has 29 heavy (non-hydrogen) atoms. The molecule has 0 aromatic heterocycles. The van der Waals surface area contributed by atoms with E-state index in [1.54, 1.807) is 24.3 Å². The highest BCUT2D eigenvalue weighted by Crippen LogP contribution is 2.24. The van der Waals surface area contributed by atoms with E-state index in [0.29, 0.717) is 23.5 Å². The smallest absolute Gasteiger partial charge is 0.335 e. The molecular formula is C23H26O6. The van der Waals surface area contributed by atoms with Gasteiger partial charge in [0, 0.05) is 17.5 Å². The van der Waals surface area contributed by atoms with Crippen LogP contribution in [0.3, 0.4) is 0 Å². The molecule has 6 nitrogen and oxygen atoms in total. The summed E-state index contributed by atoms with van der Waals surface area (Å²) in [6.07, 6.45) is 4.42. The first-order chi connectivity index (χ1) is 13.9. The highest BCUT2D eigenvalue weighted by molar-refractivity contribution is 6.10. The van der Waals surface area contributed by atoms with Crippen molar-refractivity contribution in [2.45, 2.75) is 45.4 Å². The van der Waals surface area contributed by atoms with Crippen LogP contribution in [0.5, 0.6) is 5.75 Å². The van der Waals surface area contributed by atoms with Crippen LogP contribution in [-0.4, -0.2) is 34.5 Å². The molecule has 0 amide bonds. The summed E-state index contributed by atoms with van der Waals surface area (Å²) in [7, 11) is 0. The number of hydrogen-bond donors (Lipinski definition) is 2. The molecule has 0 saturated heterocycles. The van der Waals surface area contributed by atoms with Crippen molar-refractivity contribution in [1.29, 1.82) is 0 Å². The van der Waals surface area contributed by atoms with Crippen LogP contribution in [0.25, 0.3) is 0 Å². The molecule has 0 unspecified atom stereocenters. The van der Waals surface area contributed by atoms with E-state index >= 15 is 0 Å². The molecule has 0 heterocycles. The van der Waals surface area contributed by atoms with Crippen molar-refractivity contribution in [3.63, 3.8) is 0 Å². The molecule has 0 aliphatic heterocycles. The summed E-state index contributed by atoms with van der Waals surface area (Å²) in [6, 6.07) is 10.8. The lowest BCUT2D eigenvalue weighted by Crippen LogP contribution is -2.07. The second kappa shape index (κ2) is 11.0. The summed E-state index contributed by atoms with van der Waals surface area (Å²) < 4.78 is 5.83. The van der Waals surface area contributed by atoms with Crippen molar-refractivity contribution in [2.75, 3.05) is 6.61 Å². The number of aliphatic carboxylic acids is 1.